The lowest BCUT2D eigenvalue weighted by Gasteiger charge is -2.17. The van der Waals surface area contributed by atoms with Gasteiger partial charge in [-0.1, -0.05) is 48.5 Å². The Balaban J connectivity index is 0.903. The van der Waals surface area contributed by atoms with Gasteiger partial charge in [-0.25, -0.2) is 0 Å². The van der Waals surface area contributed by atoms with Crippen LogP contribution in [0.2, 0.25) is 0 Å². The van der Waals surface area contributed by atoms with Gasteiger partial charge in [0, 0.05) is 32.9 Å². The minimum Gasteiger partial charge on any atom is -0.357 e. The minimum atomic E-state index is -4.57. The zero-order chi connectivity index (χ0) is 44.7. The van der Waals surface area contributed by atoms with Gasteiger partial charge in [0.25, 0.3) is 20.2 Å². The molecular formula is C45H34N10O7S2. The molecule has 1 unspecified atom stereocenters. The smallest absolute Gasteiger partial charge is 0.294 e. The molecule has 0 spiro atoms. The second-order valence-electron chi connectivity index (χ2n) is 13.8. The molecule has 0 bridgehead atoms. The number of aliphatic hydroxyl groups excluding tert-OH is 1. The van der Waals surface area contributed by atoms with Gasteiger partial charge in [0.05, 0.1) is 55.3 Å². The lowest BCUT2D eigenvalue weighted by molar-refractivity contribution is 0.233. The van der Waals surface area contributed by atoms with Crippen LogP contribution in [-0.2, 0) is 20.2 Å². The van der Waals surface area contributed by atoms with E-state index in [0.717, 1.165) is 34.3 Å². The van der Waals surface area contributed by atoms with E-state index in [1.165, 1.54) is 36.4 Å². The van der Waals surface area contributed by atoms with Crippen molar-refractivity contribution in [1.29, 1.82) is 0 Å². The van der Waals surface area contributed by atoms with E-state index in [1.54, 1.807) is 54.6 Å². The first kappa shape index (κ1) is 42.7. The Morgan fingerprint density at radius 1 is 0.359 bits per heavy atom. The normalized spacial score (nSPS) is 12.9. The summed E-state index contributed by atoms with van der Waals surface area (Å²) in [6, 6.07) is 46.9. The average molecular weight is 891 g/mol. The molecule has 0 amide bonds. The number of hydrogen-bond acceptors (Lipinski definition) is 15. The van der Waals surface area contributed by atoms with Crippen LogP contribution in [0.4, 0.5) is 56.9 Å². The molecule has 17 nitrogen and oxygen atoms in total. The molecular weight excluding hydrogens is 857 g/mol. The maximum atomic E-state index is 12.0. The van der Waals surface area contributed by atoms with Gasteiger partial charge in [-0.3, -0.25) is 9.11 Å². The van der Waals surface area contributed by atoms with Crippen LogP contribution in [0.15, 0.2) is 221 Å². The van der Waals surface area contributed by atoms with E-state index in [4.69, 9.17) is 0 Å². The Kier molecular flexibility index (Phi) is 12.4. The van der Waals surface area contributed by atoms with E-state index in [9.17, 15) is 31.0 Å². The predicted octanol–water partition coefficient (Wildman–Crippen LogP) is 12.9. The number of azo groups is 4. The Hall–Kier alpha value is -7.94. The highest BCUT2D eigenvalue weighted by Gasteiger charge is 2.15. The largest absolute Gasteiger partial charge is 0.357 e. The number of fused-ring (bicyclic) bond motifs is 2. The maximum Gasteiger partial charge on any atom is 0.294 e. The Bertz CT molecular complexity index is 3340. The molecule has 0 saturated carbocycles. The molecule has 0 aliphatic rings. The molecule has 0 heterocycles. The summed E-state index contributed by atoms with van der Waals surface area (Å²) < 4.78 is 65.6. The maximum absolute atomic E-state index is 12.0. The third-order valence-electron chi connectivity index (χ3n) is 9.44. The van der Waals surface area contributed by atoms with Crippen LogP contribution in [0.1, 0.15) is 0 Å². The first-order chi connectivity index (χ1) is 30.9. The highest BCUT2D eigenvalue weighted by atomic mass is 32.2. The van der Waals surface area contributed by atoms with Gasteiger partial charge in [-0.05, 0) is 121 Å². The van der Waals surface area contributed by atoms with Gasteiger partial charge in [-0.15, -0.1) is 20.5 Å². The molecule has 0 aliphatic heterocycles. The Morgan fingerprint density at radius 3 is 1.12 bits per heavy atom. The van der Waals surface area contributed by atoms with Gasteiger partial charge in [-0.2, -0.15) is 37.3 Å². The fourth-order valence-electron chi connectivity index (χ4n) is 6.30. The molecule has 19 heteroatoms. The molecule has 1 atom stereocenters. The van der Waals surface area contributed by atoms with Crippen LogP contribution in [0.3, 0.4) is 0 Å². The Labute approximate surface area is 365 Å². The van der Waals surface area contributed by atoms with Crippen molar-refractivity contribution < 1.29 is 31.0 Å². The molecule has 0 aromatic heterocycles. The fourth-order valence-corrected chi connectivity index (χ4v) is 7.29. The molecule has 8 aromatic rings. The fraction of sp³-hybridized carbons (Fsp3) is 0.0222. The van der Waals surface area contributed by atoms with Gasteiger partial charge in [0.15, 0.2) is 0 Å². The van der Waals surface area contributed by atoms with E-state index < -0.39 is 26.6 Å². The van der Waals surface area contributed by atoms with Gasteiger partial charge in [0.2, 0.25) is 6.35 Å². The van der Waals surface area contributed by atoms with E-state index in [1.807, 2.05) is 66.7 Å². The molecule has 8 rings (SSSR count). The van der Waals surface area contributed by atoms with Crippen LogP contribution in [0, 0.1) is 0 Å². The quantitative estimate of drug-likeness (QED) is 0.0395. The van der Waals surface area contributed by atoms with Crippen molar-refractivity contribution in [3.05, 3.63) is 170 Å². The third kappa shape index (κ3) is 10.6. The first-order valence-electron chi connectivity index (χ1n) is 19.1. The second kappa shape index (κ2) is 18.6. The average Bonchev–Trinajstić information content (AvgIpc) is 3.29. The molecule has 8 aromatic carbocycles. The number of nitrogens with one attached hydrogen (secondary N) is 2. The molecule has 64 heavy (non-hydrogen) atoms. The molecule has 0 aliphatic carbocycles. The van der Waals surface area contributed by atoms with Crippen molar-refractivity contribution >= 4 is 98.7 Å². The summed E-state index contributed by atoms with van der Waals surface area (Å²) in [5, 5.41) is 53.9. The minimum absolute atomic E-state index is 0.220. The topological polar surface area (TPSA) is 252 Å². The zero-order valence-corrected chi connectivity index (χ0v) is 34.7. The van der Waals surface area contributed by atoms with Gasteiger partial charge >= 0.3 is 0 Å². The van der Waals surface area contributed by atoms with Crippen molar-refractivity contribution in [2.45, 2.75) is 16.1 Å². The molecule has 0 radical (unpaired) electrons. The summed E-state index contributed by atoms with van der Waals surface area (Å²) in [6.45, 7) is 0. The van der Waals surface area contributed by atoms with E-state index >= 15 is 0 Å². The zero-order valence-electron chi connectivity index (χ0n) is 33.1. The lowest BCUT2D eigenvalue weighted by atomic mass is 10.1. The monoisotopic (exact) mass is 890 g/mol. The summed E-state index contributed by atoms with van der Waals surface area (Å²) in [7, 11) is -8.97. The lowest BCUT2D eigenvalue weighted by Crippen LogP contribution is -2.27. The number of anilines is 2. The molecule has 0 fully saturated rings. The Morgan fingerprint density at radius 2 is 0.703 bits per heavy atom. The second-order valence-corrected chi connectivity index (χ2v) is 16.7. The molecule has 318 valence electrons. The molecule has 5 N–H and O–H groups in total. The van der Waals surface area contributed by atoms with Crippen LogP contribution >= 0.6 is 0 Å². The number of hydrogen-bond donors (Lipinski definition) is 5. The first-order valence-corrected chi connectivity index (χ1v) is 22.0. The summed E-state index contributed by atoms with van der Waals surface area (Å²) >= 11 is 0. The standard InChI is InChI=1S/C45H34N10O7S2/c56-45(46-29-10-14-32(15-11-29)49-53-42-25-24-41(37-8-4-5-9-38(37)42)52-48-31-6-2-1-3-7-31)47-30-12-16-33(17-13-30)50-54-43-26-27-44(40-28-36(64(60,61)62)22-23-39(40)43)55-51-34-18-20-35(21-19-34)63(57,58)59/h1-28,45-47,56H,(H,57,58,59)(H,60,61,62). The van der Waals surface area contributed by atoms with E-state index in [2.05, 4.69) is 51.5 Å². The van der Waals surface area contributed by atoms with Gasteiger partial charge in [0.1, 0.15) is 0 Å². The van der Waals surface area contributed by atoms with Crippen molar-refractivity contribution in [2.24, 2.45) is 40.9 Å². The SMILES string of the molecule is O=S(=O)(O)c1ccc(N=Nc2ccc(N=Nc3ccc(NC(O)Nc4ccc(N=Nc5ccc(N=Nc6ccccc6)c6ccccc56)cc4)cc3)c3ccc(S(=O)(=O)O)cc23)cc1. The van der Waals surface area contributed by atoms with Crippen molar-refractivity contribution in [1.82, 2.24) is 0 Å². The van der Waals surface area contributed by atoms with Crippen molar-refractivity contribution in [2.75, 3.05) is 10.6 Å². The van der Waals surface area contributed by atoms with E-state index in [-0.39, 0.29) is 26.6 Å². The van der Waals surface area contributed by atoms with Crippen LogP contribution < -0.4 is 10.6 Å². The predicted molar refractivity (Wildman–Crippen MR) is 243 cm³/mol. The number of nitrogens with zero attached hydrogens (tertiary/aromatic N) is 8. The van der Waals surface area contributed by atoms with Crippen molar-refractivity contribution in [3.63, 3.8) is 0 Å². The van der Waals surface area contributed by atoms with Gasteiger partial charge < -0.3 is 15.7 Å². The van der Waals surface area contributed by atoms with Crippen LogP contribution in [0.25, 0.3) is 21.5 Å². The molecule has 0 saturated heterocycles. The summed E-state index contributed by atoms with van der Waals surface area (Å²) in [5.74, 6) is 0. The summed E-state index contributed by atoms with van der Waals surface area (Å²) in [5.41, 5.74) is 5.26. The highest BCUT2D eigenvalue weighted by Crippen LogP contribution is 2.38. The number of benzene rings is 8. The third-order valence-corrected chi connectivity index (χ3v) is 11.2. The van der Waals surface area contributed by atoms with Crippen molar-refractivity contribution in [3.8, 4) is 0 Å². The summed E-state index contributed by atoms with van der Waals surface area (Å²) in [4.78, 5) is -0.695. The number of rotatable bonds is 14. The number of aliphatic hydroxyl groups is 1. The highest BCUT2D eigenvalue weighted by molar-refractivity contribution is 7.86. The van der Waals surface area contributed by atoms with E-state index in [0.29, 0.717) is 39.5 Å². The van der Waals surface area contributed by atoms with Crippen LogP contribution in [0.5, 0.6) is 0 Å². The van der Waals surface area contributed by atoms with Crippen LogP contribution in [-0.4, -0.2) is 37.4 Å². The summed E-state index contributed by atoms with van der Waals surface area (Å²) in [6.07, 6.45) is -1.16.